The SMILES string of the molecule is Fc1ccc(-c2cccc3c2OCCNC3)cc1F.O=C(O)C(F)(F)F. The van der Waals surface area contributed by atoms with Gasteiger partial charge in [-0.05, 0) is 17.7 Å². The van der Waals surface area contributed by atoms with Crippen molar-refractivity contribution in [3.8, 4) is 16.9 Å². The van der Waals surface area contributed by atoms with E-state index in [1.165, 1.54) is 6.07 Å². The molecule has 0 aliphatic carbocycles. The highest BCUT2D eigenvalue weighted by atomic mass is 19.4. The zero-order chi connectivity index (χ0) is 19.3. The molecule has 0 amide bonds. The molecule has 0 fully saturated rings. The van der Waals surface area contributed by atoms with Gasteiger partial charge in [-0.1, -0.05) is 24.3 Å². The Balaban J connectivity index is 0.000000298. The van der Waals surface area contributed by atoms with Crippen LogP contribution in [0.4, 0.5) is 22.0 Å². The third-order valence-electron chi connectivity index (χ3n) is 3.41. The molecule has 1 aliphatic rings. The highest BCUT2D eigenvalue weighted by Gasteiger charge is 2.38. The molecule has 140 valence electrons. The lowest BCUT2D eigenvalue weighted by Crippen LogP contribution is -2.21. The Morgan fingerprint density at radius 2 is 1.81 bits per heavy atom. The molecule has 2 N–H and O–H groups in total. The normalized spacial score (nSPS) is 13.6. The smallest absolute Gasteiger partial charge is 0.490 e. The lowest BCUT2D eigenvalue weighted by molar-refractivity contribution is -0.192. The average Bonchev–Trinajstić information content (AvgIpc) is 2.82. The molecule has 0 spiro atoms. The average molecular weight is 375 g/mol. The van der Waals surface area contributed by atoms with Gasteiger partial charge >= 0.3 is 12.1 Å². The van der Waals surface area contributed by atoms with Gasteiger partial charge in [0.05, 0.1) is 0 Å². The maximum absolute atomic E-state index is 13.3. The number of carbonyl (C=O) groups is 1. The first-order chi connectivity index (χ1) is 12.2. The number of halogens is 5. The molecule has 4 nitrogen and oxygen atoms in total. The standard InChI is InChI=1S/C15H13F2NO.C2HF3O2/c16-13-5-4-10(8-14(13)17)12-3-1-2-11-9-18-6-7-19-15(11)12;3-2(4,5)1(6)7/h1-5,8,18H,6-7,9H2;(H,6,7). The first kappa shape index (κ1) is 19.6. The van der Waals surface area contributed by atoms with E-state index in [2.05, 4.69) is 5.32 Å². The fraction of sp³-hybridized carbons (Fsp3) is 0.235. The molecule has 0 saturated heterocycles. The molecule has 9 heteroatoms. The van der Waals surface area contributed by atoms with Crippen molar-refractivity contribution in [2.45, 2.75) is 12.7 Å². The highest BCUT2D eigenvalue weighted by molar-refractivity contribution is 5.73. The maximum atomic E-state index is 13.3. The minimum atomic E-state index is -5.08. The molecular weight excluding hydrogens is 361 g/mol. The molecule has 0 unspecified atom stereocenters. The van der Waals surface area contributed by atoms with E-state index in [1.807, 2.05) is 18.2 Å². The Bertz CT molecular complexity index is 792. The number of fused-ring (bicyclic) bond motifs is 1. The molecular formula is C17H14F5NO3. The van der Waals surface area contributed by atoms with Crippen LogP contribution in [0.2, 0.25) is 0 Å². The van der Waals surface area contributed by atoms with E-state index in [9.17, 15) is 22.0 Å². The van der Waals surface area contributed by atoms with Crippen molar-refractivity contribution in [3.63, 3.8) is 0 Å². The highest BCUT2D eigenvalue weighted by Crippen LogP contribution is 2.34. The largest absolute Gasteiger partial charge is 0.491 e. The zero-order valence-electron chi connectivity index (χ0n) is 13.2. The van der Waals surface area contributed by atoms with E-state index in [4.69, 9.17) is 14.6 Å². The molecule has 0 radical (unpaired) electrons. The molecule has 0 aromatic heterocycles. The van der Waals surface area contributed by atoms with Crippen molar-refractivity contribution < 1.29 is 36.6 Å². The van der Waals surface area contributed by atoms with Gasteiger partial charge in [0, 0.05) is 24.2 Å². The number of aliphatic carboxylic acids is 1. The third kappa shape index (κ3) is 4.92. The summed E-state index contributed by atoms with van der Waals surface area (Å²) in [6.45, 7) is 2.05. The molecule has 0 saturated carbocycles. The summed E-state index contributed by atoms with van der Waals surface area (Å²) in [7, 11) is 0. The zero-order valence-corrected chi connectivity index (χ0v) is 13.2. The van der Waals surface area contributed by atoms with Crippen LogP contribution in [-0.2, 0) is 11.3 Å². The Labute approximate surface area is 145 Å². The second-order valence-electron chi connectivity index (χ2n) is 5.25. The Morgan fingerprint density at radius 3 is 2.42 bits per heavy atom. The van der Waals surface area contributed by atoms with E-state index in [1.54, 1.807) is 6.07 Å². The lowest BCUT2D eigenvalue weighted by atomic mass is 10.0. The summed E-state index contributed by atoms with van der Waals surface area (Å²) in [6.07, 6.45) is -5.08. The summed E-state index contributed by atoms with van der Waals surface area (Å²) in [5.74, 6) is -3.69. The van der Waals surface area contributed by atoms with Crippen LogP contribution in [-0.4, -0.2) is 30.4 Å². The number of nitrogens with one attached hydrogen (secondary N) is 1. The van der Waals surface area contributed by atoms with Crippen LogP contribution in [0, 0.1) is 11.6 Å². The Kier molecular flexibility index (Phi) is 6.14. The number of alkyl halides is 3. The van der Waals surface area contributed by atoms with Gasteiger partial charge in [-0.25, -0.2) is 13.6 Å². The van der Waals surface area contributed by atoms with Crippen LogP contribution >= 0.6 is 0 Å². The summed E-state index contributed by atoms with van der Waals surface area (Å²) in [6, 6.07) is 9.63. The first-order valence-electron chi connectivity index (χ1n) is 7.41. The van der Waals surface area contributed by atoms with Crippen LogP contribution in [0.3, 0.4) is 0 Å². The van der Waals surface area contributed by atoms with Gasteiger partial charge in [0.2, 0.25) is 0 Å². The van der Waals surface area contributed by atoms with Crippen molar-refractivity contribution in [2.75, 3.05) is 13.2 Å². The minimum Gasteiger partial charge on any atom is -0.491 e. The molecule has 2 aromatic carbocycles. The predicted molar refractivity (Wildman–Crippen MR) is 82.7 cm³/mol. The van der Waals surface area contributed by atoms with E-state index >= 15 is 0 Å². The Morgan fingerprint density at radius 1 is 1.12 bits per heavy atom. The van der Waals surface area contributed by atoms with Crippen LogP contribution in [0.5, 0.6) is 5.75 Å². The first-order valence-corrected chi connectivity index (χ1v) is 7.41. The second kappa shape index (κ2) is 8.13. The number of hydrogen-bond donors (Lipinski definition) is 2. The summed E-state index contributed by atoms with van der Waals surface area (Å²) in [5.41, 5.74) is 2.44. The number of hydrogen-bond acceptors (Lipinski definition) is 3. The van der Waals surface area contributed by atoms with E-state index in [-0.39, 0.29) is 0 Å². The van der Waals surface area contributed by atoms with E-state index < -0.39 is 23.8 Å². The van der Waals surface area contributed by atoms with Crippen LogP contribution in [0.1, 0.15) is 5.56 Å². The lowest BCUT2D eigenvalue weighted by Gasteiger charge is -2.13. The summed E-state index contributed by atoms with van der Waals surface area (Å²) in [5, 5.41) is 10.4. The number of rotatable bonds is 1. The Hall–Kier alpha value is -2.68. The predicted octanol–water partition coefficient (Wildman–Crippen LogP) is 3.75. The fourth-order valence-corrected chi connectivity index (χ4v) is 2.23. The number of para-hydroxylation sites is 1. The van der Waals surface area contributed by atoms with E-state index in [0.717, 1.165) is 29.5 Å². The van der Waals surface area contributed by atoms with Crippen molar-refractivity contribution in [1.29, 1.82) is 0 Å². The molecule has 26 heavy (non-hydrogen) atoms. The van der Waals surface area contributed by atoms with Crippen molar-refractivity contribution in [2.24, 2.45) is 0 Å². The van der Waals surface area contributed by atoms with Gasteiger partial charge in [-0.15, -0.1) is 0 Å². The van der Waals surface area contributed by atoms with Gasteiger partial charge in [-0.3, -0.25) is 0 Å². The summed E-state index contributed by atoms with van der Waals surface area (Å²) in [4.78, 5) is 8.90. The molecule has 1 aliphatic heterocycles. The number of ether oxygens (including phenoxy) is 1. The van der Waals surface area contributed by atoms with Gasteiger partial charge in [-0.2, -0.15) is 13.2 Å². The molecule has 2 aromatic rings. The topological polar surface area (TPSA) is 58.6 Å². The van der Waals surface area contributed by atoms with Crippen LogP contribution < -0.4 is 10.1 Å². The molecule has 0 bridgehead atoms. The second-order valence-corrected chi connectivity index (χ2v) is 5.25. The summed E-state index contributed by atoms with van der Waals surface area (Å²) >= 11 is 0. The fourth-order valence-electron chi connectivity index (χ4n) is 2.23. The van der Waals surface area contributed by atoms with Crippen molar-refractivity contribution in [3.05, 3.63) is 53.6 Å². The van der Waals surface area contributed by atoms with Gasteiger partial charge in [0.15, 0.2) is 11.6 Å². The number of carboxylic acid groups (broad SMARTS) is 1. The molecule has 0 atom stereocenters. The number of carboxylic acids is 1. The van der Waals surface area contributed by atoms with Gasteiger partial charge in [0.25, 0.3) is 0 Å². The van der Waals surface area contributed by atoms with Crippen molar-refractivity contribution >= 4 is 5.97 Å². The molecule has 3 rings (SSSR count). The van der Waals surface area contributed by atoms with Crippen molar-refractivity contribution in [1.82, 2.24) is 5.32 Å². The van der Waals surface area contributed by atoms with Crippen LogP contribution in [0.25, 0.3) is 11.1 Å². The van der Waals surface area contributed by atoms with Gasteiger partial charge < -0.3 is 15.2 Å². The van der Waals surface area contributed by atoms with E-state index in [0.29, 0.717) is 18.7 Å². The third-order valence-corrected chi connectivity index (χ3v) is 3.41. The quantitative estimate of drug-likeness (QED) is 0.746. The maximum Gasteiger partial charge on any atom is 0.490 e. The minimum absolute atomic E-state index is 0.563. The monoisotopic (exact) mass is 375 g/mol. The number of benzene rings is 2. The summed E-state index contributed by atoms with van der Waals surface area (Å²) < 4.78 is 63.8. The van der Waals surface area contributed by atoms with Gasteiger partial charge in [0.1, 0.15) is 12.4 Å². The van der Waals surface area contributed by atoms with Crippen LogP contribution in [0.15, 0.2) is 36.4 Å². The molecule has 1 heterocycles.